The second-order valence-corrected chi connectivity index (χ2v) is 9.63. The normalized spacial score (nSPS) is 22.0. The molecule has 0 amide bonds. The van der Waals surface area contributed by atoms with Crippen LogP contribution in [0.25, 0.3) is 10.8 Å². The maximum absolute atomic E-state index is 11.6. The molecule has 0 aliphatic carbocycles. The number of rotatable bonds is 5. The fourth-order valence-corrected chi connectivity index (χ4v) is 4.91. The van der Waals surface area contributed by atoms with E-state index in [2.05, 4.69) is 16.8 Å². The summed E-state index contributed by atoms with van der Waals surface area (Å²) in [4.78, 5) is 6.43. The smallest absolute Gasteiger partial charge is 0.147 e. The quantitative estimate of drug-likeness (QED) is 0.805. The van der Waals surface area contributed by atoms with Crippen LogP contribution in [-0.4, -0.2) is 49.7 Å². The second kappa shape index (κ2) is 6.74. The zero-order chi connectivity index (χ0) is 18.4. The van der Waals surface area contributed by atoms with Crippen molar-refractivity contribution in [3.05, 3.63) is 35.1 Å². The van der Waals surface area contributed by atoms with Gasteiger partial charge in [-0.1, -0.05) is 24.6 Å². The first-order valence-electron chi connectivity index (χ1n) is 8.34. The van der Waals surface area contributed by atoms with E-state index in [9.17, 15) is 13.5 Å². The van der Waals surface area contributed by atoms with Crippen molar-refractivity contribution in [2.75, 3.05) is 30.1 Å². The number of halogens is 1. The van der Waals surface area contributed by atoms with Crippen molar-refractivity contribution in [3.8, 4) is 0 Å². The number of aromatic nitrogens is 1. The van der Waals surface area contributed by atoms with Gasteiger partial charge in [0.25, 0.3) is 0 Å². The lowest BCUT2D eigenvalue weighted by Crippen LogP contribution is -2.57. The molecule has 1 N–H and O–H groups in total. The van der Waals surface area contributed by atoms with Crippen LogP contribution in [0.2, 0.25) is 5.15 Å². The van der Waals surface area contributed by atoms with E-state index in [-0.39, 0.29) is 30.2 Å². The predicted molar refractivity (Wildman–Crippen MR) is 102 cm³/mol. The van der Waals surface area contributed by atoms with Gasteiger partial charge in [0, 0.05) is 54.6 Å². The van der Waals surface area contributed by atoms with Crippen molar-refractivity contribution in [2.24, 2.45) is 5.92 Å². The molecule has 3 atom stereocenters. The van der Waals surface area contributed by atoms with Gasteiger partial charge in [-0.2, -0.15) is 0 Å². The minimum Gasteiger partial charge on any atom is -0.396 e. The van der Waals surface area contributed by atoms with Gasteiger partial charge < -0.3 is 10.0 Å². The molecule has 5 nitrogen and oxygen atoms in total. The molecule has 2 heterocycles. The van der Waals surface area contributed by atoms with Crippen molar-refractivity contribution in [3.63, 3.8) is 0 Å². The molecule has 1 aromatic heterocycles. The monoisotopic (exact) mass is 382 g/mol. The number of aliphatic hydroxyl groups is 1. The summed E-state index contributed by atoms with van der Waals surface area (Å²) in [5.41, 5.74) is 2.07. The molecule has 1 fully saturated rings. The third-order valence-electron chi connectivity index (χ3n) is 5.11. The van der Waals surface area contributed by atoms with Gasteiger partial charge in [-0.25, -0.2) is 13.4 Å². The first-order chi connectivity index (χ1) is 11.7. The van der Waals surface area contributed by atoms with Gasteiger partial charge in [-0.3, -0.25) is 0 Å². The summed E-state index contributed by atoms with van der Waals surface area (Å²) in [6.07, 6.45) is 3.05. The highest BCUT2D eigenvalue weighted by atomic mass is 35.5. The van der Waals surface area contributed by atoms with Crippen molar-refractivity contribution in [1.29, 1.82) is 0 Å². The maximum Gasteiger partial charge on any atom is 0.147 e. The second-order valence-electron chi connectivity index (χ2n) is 7.06. The molecule has 1 unspecified atom stereocenters. The van der Waals surface area contributed by atoms with Gasteiger partial charge in [0.2, 0.25) is 0 Å². The Bertz CT molecular complexity index is 901. The Morgan fingerprint density at radius 3 is 2.72 bits per heavy atom. The van der Waals surface area contributed by atoms with Crippen molar-refractivity contribution >= 4 is 37.9 Å². The topological polar surface area (TPSA) is 70.5 Å². The Morgan fingerprint density at radius 2 is 2.12 bits per heavy atom. The summed E-state index contributed by atoms with van der Waals surface area (Å²) in [6, 6.07) is 6.04. The van der Waals surface area contributed by atoms with Crippen LogP contribution in [-0.2, 0) is 9.84 Å². The first kappa shape index (κ1) is 18.4. The van der Waals surface area contributed by atoms with Crippen LogP contribution in [0.4, 0.5) is 5.69 Å². The minimum absolute atomic E-state index is 0.00168. The predicted octanol–water partition coefficient (Wildman–Crippen LogP) is 2.85. The molecular weight excluding hydrogens is 360 g/mol. The lowest BCUT2D eigenvalue weighted by Gasteiger charge is -2.48. The highest BCUT2D eigenvalue weighted by Crippen LogP contribution is 2.39. The first-order valence-corrected chi connectivity index (χ1v) is 10.8. The average molecular weight is 383 g/mol. The van der Waals surface area contributed by atoms with Crippen LogP contribution in [0, 0.1) is 5.92 Å². The molecule has 0 radical (unpaired) electrons. The number of aliphatic hydroxyl groups excluding tert-OH is 1. The van der Waals surface area contributed by atoms with Gasteiger partial charge in [0.05, 0.1) is 5.75 Å². The Balaban J connectivity index is 1.99. The molecule has 1 aromatic carbocycles. The van der Waals surface area contributed by atoms with E-state index in [1.807, 2.05) is 25.1 Å². The summed E-state index contributed by atoms with van der Waals surface area (Å²) in [6.45, 7) is 4.79. The Morgan fingerprint density at radius 1 is 1.40 bits per heavy atom. The van der Waals surface area contributed by atoms with E-state index in [0.717, 1.165) is 22.0 Å². The summed E-state index contributed by atoms with van der Waals surface area (Å²) in [5, 5.41) is 11.9. The van der Waals surface area contributed by atoms with Crippen molar-refractivity contribution < 1.29 is 13.5 Å². The Kier molecular flexibility index (Phi) is 4.97. The van der Waals surface area contributed by atoms with Crippen molar-refractivity contribution in [1.82, 2.24) is 4.98 Å². The van der Waals surface area contributed by atoms with E-state index in [4.69, 9.17) is 11.6 Å². The van der Waals surface area contributed by atoms with Gasteiger partial charge >= 0.3 is 0 Å². The summed E-state index contributed by atoms with van der Waals surface area (Å²) >= 11 is 6.09. The number of fused-ring (bicyclic) bond motifs is 1. The summed E-state index contributed by atoms with van der Waals surface area (Å²) < 4.78 is 23.1. The summed E-state index contributed by atoms with van der Waals surface area (Å²) in [7, 11) is -2.98. The fourth-order valence-electron chi connectivity index (χ4n) is 3.59. The molecule has 7 heteroatoms. The van der Waals surface area contributed by atoms with E-state index in [0.29, 0.717) is 11.7 Å². The number of sulfone groups is 1. The van der Waals surface area contributed by atoms with Crippen LogP contribution in [0.15, 0.2) is 24.4 Å². The number of nitrogens with zero attached hydrogens (tertiary/aromatic N) is 2. The SMILES string of the molecule is CC(CO)c1ccc(N2C[C@H](CS(C)(=O)=O)[C@H]2C)c2cnc(Cl)cc12. The molecule has 0 saturated carbocycles. The third kappa shape index (κ3) is 3.61. The number of anilines is 1. The number of benzene rings is 1. The molecule has 25 heavy (non-hydrogen) atoms. The van der Waals surface area contributed by atoms with Crippen LogP contribution in [0.5, 0.6) is 0 Å². The molecule has 3 rings (SSSR count). The van der Waals surface area contributed by atoms with Gasteiger partial charge in [0.1, 0.15) is 15.0 Å². The maximum atomic E-state index is 11.6. The number of hydrogen-bond acceptors (Lipinski definition) is 5. The fraction of sp³-hybridized carbons (Fsp3) is 0.500. The lowest BCUT2D eigenvalue weighted by molar-refractivity contribution is 0.273. The molecule has 1 aliphatic rings. The molecule has 2 aromatic rings. The Labute approximate surface area is 153 Å². The zero-order valence-electron chi connectivity index (χ0n) is 14.6. The largest absolute Gasteiger partial charge is 0.396 e. The molecule has 1 saturated heterocycles. The van der Waals surface area contributed by atoms with E-state index in [1.54, 1.807) is 6.20 Å². The van der Waals surface area contributed by atoms with Crippen LogP contribution < -0.4 is 4.90 Å². The van der Waals surface area contributed by atoms with Gasteiger partial charge in [-0.15, -0.1) is 0 Å². The molecule has 136 valence electrons. The highest BCUT2D eigenvalue weighted by molar-refractivity contribution is 7.90. The molecule has 1 aliphatic heterocycles. The standard InChI is InChI=1S/C18H23ClN2O3S/c1-11(9-22)14-4-5-17(16-7-20-18(19)6-15(14)16)21-8-13(12(21)2)10-25(3,23)24/h4-7,11-13,22H,8-10H2,1-3H3/t11?,12-,13-/m1/s1. The van der Waals surface area contributed by atoms with Crippen LogP contribution >= 0.6 is 11.6 Å². The zero-order valence-corrected chi connectivity index (χ0v) is 16.2. The minimum atomic E-state index is -2.98. The molecular formula is C18H23ClN2O3S. The van der Waals surface area contributed by atoms with E-state index in [1.165, 1.54) is 6.26 Å². The number of hydrogen-bond donors (Lipinski definition) is 1. The van der Waals surface area contributed by atoms with Gasteiger partial charge in [-0.05, 0) is 30.0 Å². The van der Waals surface area contributed by atoms with Crippen LogP contribution in [0.3, 0.4) is 0 Å². The molecule has 0 spiro atoms. The molecule has 0 bridgehead atoms. The number of pyridine rings is 1. The summed E-state index contributed by atoms with van der Waals surface area (Å²) in [5.74, 6) is 0.356. The van der Waals surface area contributed by atoms with E-state index < -0.39 is 9.84 Å². The highest BCUT2D eigenvalue weighted by Gasteiger charge is 2.38. The lowest BCUT2D eigenvalue weighted by atomic mass is 9.88. The average Bonchev–Trinajstić information content (AvgIpc) is 2.55. The van der Waals surface area contributed by atoms with Gasteiger partial charge in [0.15, 0.2) is 0 Å². The van der Waals surface area contributed by atoms with E-state index >= 15 is 0 Å². The van der Waals surface area contributed by atoms with Crippen molar-refractivity contribution in [2.45, 2.75) is 25.8 Å². The Hall–Kier alpha value is -1.37. The third-order valence-corrected chi connectivity index (χ3v) is 6.35. The van der Waals surface area contributed by atoms with Crippen LogP contribution in [0.1, 0.15) is 25.3 Å².